The lowest BCUT2D eigenvalue weighted by Gasteiger charge is -2.08. The van der Waals surface area contributed by atoms with Gasteiger partial charge in [-0.25, -0.2) is 5.43 Å². The standard InChI is InChI=1S/C20H18BrN3O/c1-14-9-10-15(11-18(14)21)12-23-24-20(25)13-22-19-8-4-6-16-5-2-3-7-17(16)19/h2-12,22H,13H2,1H3,(H,24,25)/b23-12-. The third-order valence-electron chi connectivity index (χ3n) is 3.83. The minimum Gasteiger partial charge on any atom is -0.376 e. The second kappa shape index (κ2) is 7.94. The van der Waals surface area contributed by atoms with Crippen molar-refractivity contribution in [1.82, 2.24) is 5.43 Å². The fraction of sp³-hybridized carbons (Fsp3) is 0.100. The molecule has 0 aliphatic rings. The van der Waals surface area contributed by atoms with Crippen LogP contribution in [0.2, 0.25) is 0 Å². The van der Waals surface area contributed by atoms with Crippen LogP contribution in [0.3, 0.4) is 0 Å². The fourth-order valence-corrected chi connectivity index (χ4v) is 2.86. The van der Waals surface area contributed by atoms with Crippen molar-refractivity contribution in [3.63, 3.8) is 0 Å². The lowest BCUT2D eigenvalue weighted by Crippen LogP contribution is -2.25. The number of fused-ring (bicyclic) bond motifs is 1. The maximum atomic E-state index is 12.0. The number of nitrogens with one attached hydrogen (secondary N) is 2. The van der Waals surface area contributed by atoms with E-state index in [1.165, 1.54) is 0 Å². The van der Waals surface area contributed by atoms with Gasteiger partial charge in [0.15, 0.2) is 0 Å². The van der Waals surface area contributed by atoms with Crippen LogP contribution in [0.25, 0.3) is 10.8 Å². The van der Waals surface area contributed by atoms with Crippen LogP contribution in [0, 0.1) is 6.92 Å². The van der Waals surface area contributed by atoms with Gasteiger partial charge < -0.3 is 5.32 Å². The Kier molecular flexibility index (Phi) is 5.46. The van der Waals surface area contributed by atoms with Crippen molar-refractivity contribution < 1.29 is 4.79 Å². The predicted octanol–water partition coefficient (Wildman–Crippen LogP) is 4.47. The average molecular weight is 396 g/mol. The number of halogens is 1. The first-order valence-corrected chi connectivity index (χ1v) is 8.72. The molecule has 0 saturated carbocycles. The molecule has 0 saturated heterocycles. The third kappa shape index (κ3) is 4.45. The van der Waals surface area contributed by atoms with Gasteiger partial charge in [-0.2, -0.15) is 5.10 Å². The number of carbonyl (C=O) groups is 1. The van der Waals surface area contributed by atoms with Gasteiger partial charge in [0.05, 0.1) is 12.8 Å². The molecular formula is C20H18BrN3O. The second-order valence-corrected chi connectivity index (χ2v) is 6.54. The van der Waals surface area contributed by atoms with E-state index in [2.05, 4.69) is 31.8 Å². The molecule has 0 spiro atoms. The first-order chi connectivity index (χ1) is 12.1. The molecule has 4 nitrogen and oxygen atoms in total. The van der Waals surface area contributed by atoms with E-state index in [4.69, 9.17) is 0 Å². The largest absolute Gasteiger partial charge is 0.376 e. The van der Waals surface area contributed by atoms with Gasteiger partial charge in [-0.05, 0) is 35.6 Å². The zero-order valence-corrected chi connectivity index (χ0v) is 15.4. The molecule has 3 aromatic rings. The van der Waals surface area contributed by atoms with Crippen LogP contribution < -0.4 is 10.7 Å². The summed E-state index contributed by atoms with van der Waals surface area (Å²) in [5.74, 6) is -0.199. The fourth-order valence-electron chi connectivity index (χ4n) is 2.46. The van der Waals surface area contributed by atoms with Crippen molar-refractivity contribution in [2.45, 2.75) is 6.92 Å². The molecule has 3 rings (SSSR count). The Hall–Kier alpha value is -2.66. The molecular weight excluding hydrogens is 378 g/mol. The van der Waals surface area contributed by atoms with E-state index in [1.54, 1.807) is 6.21 Å². The van der Waals surface area contributed by atoms with Gasteiger partial charge in [0.25, 0.3) is 5.91 Å². The van der Waals surface area contributed by atoms with Crippen LogP contribution in [0.5, 0.6) is 0 Å². The zero-order chi connectivity index (χ0) is 17.6. The predicted molar refractivity (Wildman–Crippen MR) is 107 cm³/mol. The van der Waals surface area contributed by atoms with Gasteiger partial charge in [0.1, 0.15) is 0 Å². The van der Waals surface area contributed by atoms with Gasteiger partial charge in [0.2, 0.25) is 0 Å². The zero-order valence-electron chi connectivity index (χ0n) is 13.8. The topological polar surface area (TPSA) is 53.5 Å². The summed E-state index contributed by atoms with van der Waals surface area (Å²) in [6.07, 6.45) is 1.63. The number of nitrogens with zero attached hydrogens (tertiary/aromatic N) is 1. The summed E-state index contributed by atoms with van der Waals surface area (Å²) in [4.78, 5) is 12.0. The third-order valence-corrected chi connectivity index (χ3v) is 4.68. The Morgan fingerprint density at radius 2 is 1.92 bits per heavy atom. The maximum Gasteiger partial charge on any atom is 0.259 e. The van der Waals surface area contributed by atoms with E-state index in [1.807, 2.05) is 67.6 Å². The molecule has 0 aromatic heterocycles. The Balaban J connectivity index is 1.57. The van der Waals surface area contributed by atoms with Gasteiger partial charge in [-0.1, -0.05) is 64.5 Å². The number of hydrogen-bond acceptors (Lipinski definition) is 3. The quantitative estimate of drug-likeness (QED) is 0.494. The SMILES string of the molecule is Cc1ccc(/C=N\NC(=O)CNc2cccc3ccccc23)cc1Br. The highest BCUT2D eigenvalue weighted by molar-refractivity contribution is 9.10. The summed E-state index contributed by atoms with van der Waals surface area (Å²) in [6.45, 7) is 2.18. The van der Waals surface area contributed by atoms with E-state index in [9.17, 15) is 4.79 Å². The highest BCUT2D eigenvalue weighted by Gasteiger charge is 2.03. The molecule has 0 fully saturated rings. The molecule has 25 heavy (non-hydrogen) atoms. The summed E-state index contributed by atoms with van der Waals surface area (Å²) in [7, 11) is 0. The van der Waals surface area contributed by atoms with Gasteiger partial charge >= 0.3 is 0 Å². The van der Waals surface area contributed by atoms with Crippen molar-refractivity contribution >= 4 is 44.5 Å². The molecule has 0 radical (unpaired) electrons. The Morgan fingerprint density at radius 3 is 2.76 bits per heavy atom. The van der Waals surface area contributed by atoms with E-state index in [0.717, 1.165) is 32.1 Å². The van der Waals surface area contributed by atoms with Crippen LogP contribution in [0.4, 0.5) is 5.69 Å². The summed E-state index contributed by atoms with van der Waals surface area (Å²) in [5, 5.41) is 9.38. The number of rotatable bonds is 5. The molecule has 3 aromatic carbocycles. The van der Waals surface area contributed by atoms with Crippen LogP contribution in [-0.4, -0.2) is 18.7 Å². The smallest absolute Gasteiger partial charge is 0.259 e. The van der Waals surface area contributed by atoms with Crippen LogP contribution in [0.15, 0.2) is 70.2 Å². The van der Waals surface area contributed by atoms with Crippen molar-refractivity contribution in [2.75, 3.05) is 11.9 Å². The number of benzene rings is 3. The summed E-state index contributed by atoms with van der Waals surface area (Å²) >= 11 is 3.48. The highest BCUT2D eigenvalue weighted by atomic mass is 79.9. The molecule has 0 atom stereocenters. The molecule has 0 heterocycles. The minimum absolute atomic E-state index is 0.156. The molecule has 5 heteroatoms. The molecule has 0 unspecified atom stereocenters. The van der Waals surface area contributed by atoms with Crippen molar-refractivity contribution in [1.29, 1.82) is 0 Å². The first kappa shape index (κ1) is 17.2. The van der Waals surface area contributed by atoms with E-state index < -0.39 is 0 Å². The average Bonchev–Trinajstić information content (AvgIpc) is 2.63. The Labute approximate surface area is 155 Å². The van der Waals surface area contributed by atoms with Crippen LogP contribution in [-0.2, 0) is 4.79 Å². The second-order valence-electron chi connectivity index (χ2n) is 5.68. The molecule has 1 amide bonds. The molecule has 0 aliphatic carbocycles. The Morgan fingerprint density at radius 1 is 1.12 bits per heavy atom. The van der Waals surface area contributed by atoms with Gasteiger partial charge in [-0.3, -0.25) is 4.79 Å². The number of hydrogen-bond donors (Lipinski definition) is 2. The summed E-state index contributed by atoms with van der Waals surface area (Å²) in [6, 6.07) is 19.9. The van der Waals surface area contributed by atoms with Gasteiger partial charge in [0, 0.05) is 15.5 Å². The van der Waals surface area contributed by atoms with Gasteiger partial charge in [-0.15, -0.1) is 0 Å². The number of anilines is 1. The molecule has 2 N–H and O–H groups in total. The molecule has 0 aliphatic heterocycles. The monoisotopic (exact) mass is 395 g/mol. The van der Waals surface area contributed by atoms with E-state index in [-0.39, 0.29) is 12.5 Å². The van der Waals surface area contributed by atoms with E-state index >= 15 is 0 Å². The lowest BCUT2D eigenvalue weighted by atomic mass is 10.1. The number of hydrazone groups is 1. The van der Waals surface area contributed by atoms with Crippen LogP contribution in [0.1, 0.15) is 11.1 Å². The normalized spacial score (nSPS) is 11.0. The first-order valence-electron chi connectivity index (χ1n) is 7.93. The van der Waals surface area contributed by atoms with E-state index in [0.29, 0.717) is 0 Å². The lowest BCUT2D eigenvalue weighted by molar-refractivity contribution is -0.119. The van der Waals surface area contributed by atoms with Crippen molar-refractivity contribution in [3.05, 3.63) is 76.3 Å². The molecule has 126 valence electrons. The number of aryl methyl sites for hydroxylation is 1. The minimum atomic E-state index is -0.199. The maximum absolute atomic E-state index is 12.0. The highest BCUT2D eigenvalue weighted by Crippen LogP contribution is 2.22. The van der Waals surface area contributed by atoms with Crippen molar-refractivity contribution in [3.8, 4) is 0 Å². The summed E-state index contributed by atoms with van der Waals surface area (Å²) in [5.41, 5.74) is 5.54. The number of amides is 1. The van der Waals surface area contributed by atoms with Crippen LogP contribution >= 0.6 is 15.9 Å². The number of carbonyl (C=O) groups excluding carboxylic acids is 1. The molecule has 0 bridgehead atoms. The summed E-state index contributed by atoms with van der Waals surface area (Å²) < 4.78 is 1.01. The Bertz CT molecular complexity index is 932. The van der Waals surface area contributed by atoms with Crippen molar-refractivity contribution in [2.24, 2.45) is 5.10 Å².